The lowest BCUT2D eigenvalue weighted by atomic mass is 9.86. The Morgan fingerprint density at radius 1 is 1.40 bits per heavy atom. The van der Waals surface area contributed by atoms with Gasteiger partial charge in [0.2, 0.25) is 8.61 Å². The first-order chi connectivity index (χ1) is 6.84. The molecule has 15 heavy (non-hydrogen) atoms. The van der Waals surface area contributed by atoms with E-state index in [2.05, 4.69) is 0 Å². The molecule has 0 spiro atoms. The average molecular weight is 235 g/mol. The third kappa shape index (κ3) is 2.54. The molecule has 0 aromatic rings. The minimum absolute atomic E-state index is 0.227. The summed E-state index contributed by atoms with van der Waals surface area (Å²) in [5.41, 5.74) is -1.49. The van der Waals surface area contributed by atoms with E-state index in [0.29, 0.717) is 0 Å². The summed E-state index contributed by atoms with van der Waals surface area (Å²) in [5, 5.41) is 18.5. The van der Waals surface area contributed by atoms with Gasteiger partial charge in [-0.05, 0) is 19.8 Å². The molecule has 0 aliphatic carbocycles. The Balaban J connectivity index is 5.40. The van der Waals surface area contributed by atoms with Crippen LogP contribution in [0.3, 0.4) is 0 Å². The van der Waals surface area contributed by atoms with Crippen LogP contribution in [0.2, 0.25) is 0 Å². The molecule has 0 bridgehead atoms. The molecule has 0 aromatic carbocycles. The molecule has 0 saturated carbocycles. The molecular weight excluding hydrogens is 217 g/mol. The van der Waals surface area contributed by atoms with Crippen LogP contribution in [0.15, 0.2) is 0 Å². The van der Waals surface area contributed by atoms with Crippen molar-refractivity contribution in [3.8, 4) is 0 Å². The summed E-state index contributed by atoms with van der Waals surface area (Å²) in [5.74, 6) is -1.50. The summed E-state index contributed by atoms with van der Waals surface area (Å²) in [4.78, 5) is 11.3. The van der Waals surface area contributed by atoms with Gasteiger partial charge in [0.15, 0.2) is 5.54 Å². The smallest absolute Gasteiger partial charge is 0.327 e. The van der Waals surface area contributed by atoms with Crippen molar-refractivity contribution >= 4 is 14.6 Å². The summed E-state index contributed by atoms with van der Waals surface area (Å²) in [6.07, 6.45) is 0. The van der Waals surface area contributed by atoms with E-state index in [-0.39, 0.29) is 20.6 Å². The molecule has 0 heterocycles. The average Bonchev–Trinajstić information content (AvgIpc) is 2.11. The van der Waals surface area contributed by atoms with E-state index in [0.717, 1.165) is 0 Å². The van der Waals surface area contributed by atoms with Gasteiger partial charge < -0.3 is 10.2 Å². The van der Waals surface area contributed by atoms with Gasteiger partial charge in [-0.2, -0.15) is 0 Å². The summed E-state index contributed by atoms with van der Waals surface area (Å²) >= 11 is 0. The molecule has 1 atom stereocenters. The number of carboxylic acid groups (broad SMARTS) is 1. The molecule has 0 rings (SSSR count). The second-order valence-electron chi connectivity index (χ2n) is 4.06. The zero-order valence-electron chi connectivity index (χ0n) is 9.47. The zero-order chi connectivity index (χ0) is 12.2. The first-order valence-corrected chi connectivity index (χ1v) is 5.58. The van der Waals surface area contributed by atoms with Crippen molar-refractivity contribution < 1.29 is 19.6 Å². The maximum absolute atomic E-state index is 11.3. The van der Waals surface area contributed by atoms with Gasteiger partial charge in [0, 0.05) is 6.04 Å². The maximum Gasteiger partial charge on any atom is 0.327 e. The molecule has 0 aliphatic rings. The first kappa shape index (κ1) is 14.5. The third-order valence-electron chi connectivity index (χ3n) is 2.55. The second-order valence-corrected chi connectivity index (χ2v) is 4.66. The van der Waals surface area contributed by atoms with Crippen LogP contribution in [-0.2, 0) is 9.36 Å². The minimum Gasteiger partial charge on any atom is -0.480 e. The van der Waals surface area contributed by atoms with Crippen molar-refractivity contribution in [3.05, 3.63) is 0 Å². The minimum atomic E-state index is -1.49. The summed E-state index contributed by atoms with van der Waals surface area (Å²) in [6.45, 7) is 6.28. The van der Waals surface area contributed by atoms with Gasteiger partial charge in [-0.3, -0.25) is 9.36 Å². The van der Waals surface area contributed by atoms with E-state index in [1.807, 2.05) is 0 Å². The van der Waals surface area contributed by atoms with Crippen molar-refractivity contribution in [2.45, 2.75) is 39.3 Å². The van der Waals surface area contributed by atoms with Gasteiger partial charge >= 0.3 is 5.97 Å². The molecule has 5 nitrogen and oxygen atoms in total. The van der Waals surface area contributed by atoms with Crippen LogP contribution in [0.4, 0.5) is 0 Å². The predicted molar refractivity (Wildman–Crippen MR) is 56.9 cm³/mol. The quantitative estimate of drug-likeness (QED) is 0.680. The molecular formula is C9H18NO4P. The standard InChI is InChI=1S/C9H18NO4P/c1-6(2)9(5-11,8(12)13)10(15-14)7(3)4/h6-7,11H,5H2,1-4H3,(H,12,13). The van der Waals surface area contributed by atoms with Crippen molar-refractivity contribution in [2.24, 2.45) is 5.92 Å². The molecule has 1 unspecified atom stereocenters. The number of nitrogens with zero attached hydrogens (tertiary/aromatic N) is 1. The molecule has 0 radical (unpaired) electrons. The number of rotatable bonds is 6. The number of hydrogen-bond acceptors (Lipinski definition) is 3. The summed E-state index contributed by atoms with van der Waals surface area (Å²) < 4.78 is 12.3. The van der Waals surface area contributed by atoms with Crippen molar-refractivity contribution in [2.75, 3.05) is 6.61 Å². The number of aliphatic carboxylic acids is 1. The van der Waals surface area contributed by atoms with Gasteiger partial charge in [-0.15, -0.1) is 0 Å². The molecule has 0 aliphatic heterocycles. The lowest BCUT2D eigenvalue weighted by Crippen LogP contribution is -2.59. The molecule has 2 N–H and O–H groups in total. The molecule has 0 fully saturated rings. The molecule has 0 aromatic heterocycles. The van der Waals surface area contributed by atoms with Gasteiger partial charge in [0.05, 0.1) is 6.61 Å². The fourth-order valence-corrected chi connectivity index (χ4v) is 2.27. The lowest BCUT2D eigenvalue weighted by molar-refractivity contribution is -0.155. The van der Waals surface area contributed by atoms with E-state index in [1.165, 1.54) is 4.67 Å². The fourth-order valence-electron chi connectivity index (χ4n) is 1.56. The number of hydrogen-bond donors (Lipinski definition) is 2. The van der Waals surface area contributed by atoms with E-state index >= 15 is 0 Å². The second kappa shape index (κ2) is 5.54. The Hall–Kier alpha value is -0.510. The largest absolute Gasteiger partial charge is 0.480 e. The van der Waals surface area contributed by atoms with Crippen LogP contribution >= 0.6 is 8.61 Å². The number of aliphatic hydroxyl groups is 1. The van der Waals surface area contributed by atoms with Crippen molar-refractivity contribution in [1.29, 1.82) is 0 Å². The van der Waals surface area contributed by atoms with E-state index in [9.17, 15) is 19.6 Å². The molecule has 0 saturated heterocycles. The van der Waals surface area contributed by atoms with Gasteiger partial charge in [0.25, 0.3) is 0 Å². The Morgan fingerprint density at radius 2 is 1.87 bits per heavy atom. The number of carbonyl (C=O) groups is 1. The Kier molecular flexibility index (Phi) is 5.35. The highest BCUT2D eigenvalue weighted by Gasteiger charge is 2.48. The van der Waals surface area contributed by atoms with Crippen LogP contribution < -0.4 is 0 Å². The fraction of sp³-hybridized carbons (Fsp3) is 0.889. The van der Waals surface area contributed by atoms with E-state index in [1.54, 1.807) is 27.7 Å². The van der Waals surface area contributed by atoms with E-state index < -0.39 is 18.1 Å². The van der Waals surface area contributed by atoms with Crippen LogP contribution in [0, 0.1) is 5.92 Å². The molecule has 6 heteroatoms. The zero-order valence-corrected chi connectivity index (χ0v) is 10.4. The van der Waals surface area contributed by atoms with Gasteiger partial charge in [-0.25, -0.2) is 4.67 Å². The normalized spacial score (nSPS) is 16.3. The monoisotopic (exact) mass is 235 g/mol. The van der Waals surface area contributed by atoms with Crippen molar-refractivity contribution in [1.82, 2.24) is 4.67 Å². The molecule has 0 amide bonds. The molecule has 88 valence electrons. The summed E-state index contributed by atoms with van der Waals surface area (Å²) in [6, 6.07) is -0.227. The highest BCUT2D eigenvalue weighted by atomic mass is 31.1. The van der Waals surface area contributed by atoms with Crippen molar-refractivity contribution in [3.63, 3.8) is 0 Å². The topological polar surface area (TPSA) is 77.8 Å². The van der Waals surface area contributed by atoms with Crippen LogP contribution in [0.1, 0.15) is 27.7 Å². The SMILES string of the molecule is CC(C)N(P=O)C(CO)(C(=O)O)C(C)C. The highest BCUT2D eigenvalue weighted by molar-refractivity contribution is 7.20. The van der Waals surface area contributed by atoms with Crippen LogP contribution in [-0.4, -0.2) is 39.0 Å². The number of aliphatic hydroxyl groups excluding tert-OH is 1. The number of carboxylic acids is 1. The van der Waals surface area contributed by atoms with Gasteiger partial charge in [-0.1, -0.05) is 13.8 Å². The van der Waals surface area contributed by atoms with Crippen LogP contribution in [0.5, 0.6) is 0 Å². The Morgan fingerprint density at radius 3 is 1.93 bits per heavy atom. The first-order valence-electron chi connectivity index (χ1n) is 4.81. The van der Waals surface area contributed by atoms with Crippen LogP contribution in [0.25, 0.3) is 0 Å². The highest BCUT2D eigenvalue weighted by Crippen LogP contribution is 2.32. The maximum atomic E-state index is 11.3. The summed E-state index contributed by atoms with van der Waals surface area (Å²) in [7, 11) is -0.388. The third-order valence-corrected chi connectivity index (χ3v) is 3.55. The predicted octanol–water partition coefficient (Wildman–Crippen LogP) is 1.38. The van der Waals surface area contributed by atoms with E-state index in [4.69, 9.17) is 0 Å². The van der Waals surface area contributed by atoms with Gasteiger partial charge in [0.1, 0.15) is 0 Å². The Bertz CT molecular complexity index is 244. The lowest BCUT2D eigenvalue weighted by Gasteiger charge is -2.39. The Labute approximate surface area is 91.3 Å².